The molecule has 7 heteroatoms. The van der Waals surface area contributed by atoms with Gasteiger partial charge in [0.1, 0.15) is 22.2 Å². The van der Waals surface area contributed by atoms with Gasteiger partial charge in [0.2, 0.25) is 0 Å². The van der Waals surface area contributed by atoms with E-state index in [0.717, 1.165) is 17.1 Å². The van der Waals surface area contributed by atoms with Gasteiger partial charge in [0.15, 0.2) is 6.17 Å². The van der Waals surface area contributed by atoms with E-state index in [4.69, 9.17) is 0 Å². The molecule has 34 heavy (non-hydrogen) atoms. The topological polar surface area (TPSA) is 75.9 Å². The van der Waals surface area contributed by atoms with Crippen LogP contribution >= 0.6 is 23.5 Å². The number of rotatable bonds is 14. The van der Waals surface area contributed by atoms with Crippen molar-refractivity contribution in [2.45, 2.75) is 71.7 Å². The van der Waals surface area contributed by atoms with Crippen LogP contribution in [0.5, 0.6) is 0 Å². The van der Waals surface area contributed by atoms with E-state index in [1.807, 2.05) is 33.8 Å². The Labute approximate surface area is 213 Å². The van der Waals surface area contributed by atoms with Crippen molar-refractivity contribution in [1.82, 2.24) is 0 Å². The molecule has 0 spiro atoms. The van der Waals surface area contributed by atoms with Crippen molar-refractivity contribution < 1.29 is 14.4 Å². The van der Waals surface area contributed by atoms with Gasteiger partial charge in [0.05, 0.1) is 11.0 Å². The van der Waals surface area contributed by atoms with Crippen molar-refractivity contribution in [2.75, 3.05) is 5.75 Å². The fourth-order valence-corrected chi connectivity index (χ4v) is 7.10. The van der Waals surface area contributed by atoms with Crippen molar-refractivity contribution in [3.05, 3.63) is 37.0 Å². The van der Waals surface area contributed by atoms with Gasteiger partial charge in [-0.15, -0.1) is 6.58 Å². The van der Waals surface area contributed by atoms with Crippen LogP contribution in [0.3, 0.4) is 0 Å². The Hall–Kier alpha value is -1.73. The van der Waals surface area contributed by atoms with Crippen LogP contribution in [0.1, 0.15) is 60.3 Å². The lowest BCUT2D eigenvalue weighted by molar-refractivity contribution is -0.130. The van der Waals surface area contributed by atoms with Crippen molar-refractivity contribution in [1.29, 1.82) is 0 Å². The van der Waals surface area contributed by atoms with Gasteiger partial charge < -0.3 is 0 Å². The maximum atomic E-state index is 13.5. The molecule has 2 heterocycles. The summed E-state index contributed by atoms with van der Waals surface area (Å²) in [4.78, 5) is 46.7. The van der Waals surface area contributed by atoms with Crippen molar-refractivity contribution >= 4 is 52.0 Å². The fourth-order valence-electron chi connectivity index (χ4n) is 4.84. The Bertz CT molecular complexity index is 890. The van der Waals surface area contributed by atoms with E-state index in [1.54, 1.807) is 30.1 Å². The lowest BCUT2D eigenvalue weighted by Gasteiger charge is -2.37. The molecule has 0 aromatic heterocycles. The number of allylic oxidation sites excluding steroid dienone is 4. The van der Waals surface area contributed by atoms with Gasteiger partial charge in [-0.1, -0.05) is 82.8 Å². The third-order valence-electron chi connectivity index (χ3n) is 6.79. The highest BCUT2D eigenvalue weighted by Crippen LogP contribution is 2.42. The molecule has 2 rings (SSSR count). The molecule has 5 nitrogen and oxygen atoms in total. The van der Waals surface area contributed by atoms with E-state index in [2.05, 4.69) is 29.6 Å². The average molecular weight is 503 g/mol. The SMILES string of the molecule is C=CC(C)(/C=C\C=O)C(CCC)C(=O)CC(C)(C)C(CC)C(=O)CSC1=NC2N=CC=CC2S1. The quantitative estimate of drug-likeness (QED) is 0.163. The molecular formula is C27H38N2O3S2. The molecule has 0 aromatic rings. The normalized spacial score (nSPS) is 23.1. The van der Waals surface area contributed by atoms with Crippen LogP contribution in [0.15, 0.2) is 46.9 Å². The molecule has 0 bridgehead atoms. The highest BCUT2D eigenvalue weighted by Gasteiger charge is 2.40. The van der Waals surface area contributed by atoms with E-state index in [1.165, 1.54) is 17.8 Å². The first-order chi connectivity index (χ1) is 16.1. The minimum Gasteiger partial charge on any atom is -0.299 e. The zero-order valence-corrected chi connectivity index (χ0v) is 22.7. The summed E-state index contributed by atoms with van der Waals surface area (Å²) in [6.45, 7) is 14.0. The summed E-state index contributed by atoms with van der Waals surface area (Å²) >= 11 is 3.14. The van der Waals surface area contributed by atoms with E-state index < -0.39 is 10.8 Å². The van der Waals surface area contributed by atoms with E-state index in [9.17, 15) is 14.4 Å². The van der Waals surface area contributed by atoms with Crippen LogP contribution in [-0.4, -0.2) is 45.6 Å². The number of nitrogens with zero attached hydrogens (tertiary/aromatic N) is 2. The predicted octanol–water partition coefficient (Wildman–Crippen LogP) is 6.10. The number of aliphatic imine (C=N–C) groups is 2. The molecule has 0 saturated heterocycles. The van der Waals surface area contributed by atoms with E-state index in [0.29, 0.717) is 25.0 Å². The number of carbonyl (C=O) groups is 3. The van der Waals surface area contributed by atoms with Crippen LogP contribution < -0.4 is 0 Å². The Balaban J connectivity index is 2.07. The van der Waals surface area contributed by atoms with Crippen LogP contribution in [0.2, 0.25) is 0 Å². The zero-order valence-electron chi connectivity index (χ0n) is 21.0. The van der Waals surface area contributed by atoms with Crippen LogP contribution in [0.4, 0.5) is 0 Å². The molecule has 2 aliphatic heterocycles. The lowest BCUT2D eigenvalue weighted by atomic mass is 9.66. The first-order valence-electron chi connectivity index (χ1n) is 12.0. The molecule has 186 valence electrons. The van der Waals surface area contributed by atoms with Crippen molar-refractivity contribution in [3.63, 3.8) is 0 Å². The number of hydrogen-bond donors (Lipinski definition) is 0. The third kappa shape index (κ3) is 7.14. The van der Waals surface area contributed by atoms with Gasteiger partial charge in [-0.3, -0.25) is 19.4 Å². The molecule has 0 aliphatic carbocycles. The zero-order chi connectivity index (χ0) is 25.4. The molecule has 5 atom stereocenters. The molecule has 0 N–H and O–H groups in total. The summed E-state index contributed by atoms with van der Waals surface area (Å²) in [5.41, 5.74) is -1.07. The molecule has 0 radical (unpaired) electrons. The van der Waals surface area contributed by atoms with Gasteiger partial charge in [0.25, 0.3) is 0 Å². The number of fused-ring (bicyclic) bond motifs is 1. The number of dihydropyridines is 1. The maximum absolute atomic E-state index is 13.5. The number of Topliss-reactive ketones (excluding diaryl/α,β-unsaturated/α-hetero) is 2. The van der Waals surface area contributed by atoms with Crippen LogP contribution in [0.25, 0.3) is 0 Å². The molecule has 0 saturated carbocycles. The van der Waals surface area contributed by atoms with Crippen LogP contribution in [-0.2, 0) is 14.4 Å². The number of ketones is 2. The van der Waals surface area contributed by atoms with Gasteiger partial charge >= 0.3 is 0 Å². The molecule has 2 aliphatic rings. The Morgan fingerprint density at radius 2 is 1.97 bits per heavy atom. The molecule has 0 amide bonds. The Morgan fingerprint density at radius 1 is 1.24 bits per heavy atom. The van der Waals surface area contributed by atoms with Gasteiger partial charge in [0, 0.05) is 29.9 Å². The first-order valence-corrected chi connectivity index (χ1v) is 13.9. The van der Waals surface area contributed by atoms with Crippen LogP contribution in [0, 0.1) is 22.7 Å². The summed E-state index contributed by atoms with van der Waals surface area (Å²) in [5.74, 6) is 0.113. The van der Waals surface area contributed by atoms with Gasteiger partial charge in [-0.2, -0.15) is 0 Å². The smallest absolute Gasteiger partial charge is 0.157 e. The summed E-state index contributed by atoms with van der Waals surface area (Å²) in [5, 5.41) is 0.224. The van der Waals surface area contributed by atoms with Gasteiger partial charge in [-0.05, 0) is 30.4 Å². The molecule has 0 fully saturated rings. The average Bonchev–Trinajstić information content (AvgIpc) is 3.22. The number of aldehydes is 1. The number of hydrogen-bond acceptors (Lipinski definition) is 7. The number of thioether (sulfide) groups is 2. The Morgan fingerprint density at radius 3 is 2.56 bits per heavy atom. The third-order valence-corrected chi connectivity index (χ3v) is 9.20. The minimum atomic E-state index is -0.600. The maximum Gasteiger partial charge on any atom is 0.157 e. The lowest BCUT2D eigenvalue weighted by Crippen LogP contribution is -2.38. The van der Waals surface area contributed by atoms with Crippen molar-refractivity contribution in [2.24, 2.45) is 32.7 Å². The molecule has 0 aromatic carbocycles. The summed E-state index contributed by atoms with van der Waals surface area (Å²) in [7, 11) is 0. The largest absolute Gasteiger partial charge is 0.299 e. The highest BCUT2D eigenvalue weighted by molar-refractivity contribution is 8.39. The summed E-state index contributed by atoms with van der Waals surface area (Å²) in [6, 6.07) is 0. The van der Waals surface area contributed by atoms with Crippen molar-refractivity contribution in [3.8, 4) is 0 Å². The van der Waals surface area contributed by atoms with E-state index >= 15 is 0 Å². The fraction of sp³-hybridized carbons (Fsp3) is 0.593. The molecular weight excluding hydrogens is 464 g/mol. The summed E-state index contributed by atoms with van der Waals surface area (Å²) in [6.07, 6.45) is 14.0. The highest BCUT2D eigenvalue weighted by atomic mass is 32.2. The first kappa shape index (κ1) is 28.5. The Kier molecular flexibility index (Phi) is 10.8. The second kappa shape index (κ2) is 12.8. The molecule has 5 unspecified atom stereocenters. The predicted molar refractivity (Wildman–Crippen MR) is 147 cm³/mol. The minimum absolute atomic E-state index is 0.0772. The monoisotopic (exact) mass is 502 g/mol. The van der Waals surface area contributed by atoms with E-state index in [-0.39, 0.29) is 34.8 Å². The standard InChI is InChI=1S/C27H38N2O3S2/c1-7-12-20(27(6,9-3)14-11-16-30)21(31)17-26(4,5)19(8-2)22(32)18-33-25-29-24-23(34-25)13-10-15-28-24/h9-11,13-16,19-20,23-24H,3,7-8,12,17-18H2,1-2,4-6H3/b14-11-. The van der Waals surface area contributed by atoms with Gasteiger partial charge in [-0.25, -0.2) is 4.99 Å². The summed E-state index contributed by atoms with van der Waals surface area (Å²) < 4.78 is 0.905. The second-order valence-corrected chi connectivity index (χ2v) is 12.2. The second-order valence-electron chi connectivity index (χ2n) is 9.83. The number of carbonyl (C=O) groups excluding carboxylic acids is 3.